The molecule has 6 nitrogen and oxygen atoms in total. The molecule has 72 valence electrons. The average molecular weight is 191 g/mol. The van der Waals surface area contributed by atoms with E-state index < -0.39 is 0 Å². The summed E-state index contributed by atoms with van der Waals surface area (Å²) in [6.45, 7) is 1.60. The van der Waals surface area contributed by atoms with Crippen molar-refractivity contribution < 1.29 is 4.74 Å². The van der Waals surface area contributed by atoms with Crippen LogP contribution >= 0.6 is 0 Å². The number of hydrogen-bond acceptors (Lipinski definition) is 5. The first-order valence-corrected chi connectivity index (χ1v) is 4.38. The zero-order chi connectivity index (χ0) is 9.54. The van der Waals surface area contributed by atoms with Gasteiger partial charge in [0.1, 0.15) is 5.52 Å². The summed E-state index contributed by atoms with van der Waals surface area (Å²) in [6, 6.07) is 0. The Hall–Kier alpha value is -1.69. The number of nitrogens with zero attached hydrogens (tertiary/aromatic N) is 4. The van der Waals surface area contributed by atoms with Gasteiger partial charge in [0, 0.05) is 0 Å². The van der Waals surface area contributed by atoms with Crippen LogP contribution in [-0.4, -0.2) is 32.2 Å². The van der Waals surface area contributed by atoms with Crippen molar-refractivity contribution in [1.29, 1.82) is 0 Å². The predicted molar refractivity (Wildman–Crippen MR) is 49.5 cm³/mol. The highest BCUT2D eigenvalue weighted by Gasteiger charge is 2.23. The van der Waals surface area contributed by atoms with E-state index in [1.54, 1.807) is 12.5 Å². The topological polar surface area (TPSA) is 82.1 Å². The molecule has 2 aromatic heterocycles. The van der Waals surface area contributed by atoms with E-state index in [2.05, 4.69) is 15.0 Å². The summed E-state index contributed by atoms with van der Waals surface area (Å²) in [4.78, 5) is 12.2. The Morgan fingerprint density at radius 3 is 3.21 bits per heavy atom. The highest BCUT2D eigenvalue weighted by molar-refractivity contribution is 5.70. The number of nitrogens with two attached hydrogens (primary N) is 1. The van der Waals surface area contributed by atoms with E-state index in [0.29, 0.717) is 6.10 Å². The smallest absolute Gasteiger partial charge is 0.222 e. The first kappa shape index (κ1) is 7.69. The molecule has 0 bridgehead atoms. The molecule has 3 heterocycles. The molecule has 0 aliphatic carbocycles. The Morgan fingerprint density at radius 1 is 1.57 bits per heavy atom. The molecule has 14 heavy (non-hydrogen) atoms. The molecule has 0 amide bonds. The van der Waals surface area contributed by atoms with Gasteiger partial charge in [-0.1, -0.05) is 0 Å². The number of fused-ring (bicyclic) bond motifs is 1. The summed E-state index contributed by atoms with van der Waals surface area (Å²) in [6.07, 6.45) is 3.67. The third-order valence-corrected chi connectivity index (χ3v) is 2.18. The Kier molecular flexibility index (Phi) is 1.45. The number of aromatic nitrogens is 4. The molecule has 0 radical (unpaired) electrons. The normalized spacial score (nSPS) is 20.1. The van der Waals surface area contributed by atoms with Crippen LogP contribution in [0.15, 0.2) is 12.5 Å². The van der Waals surface area contributed by atoms with Crippen molar-refractivity contribution in [3.8, 4) is 0 Å². The summed E-state index contributed by atoms with van der Waals surface area (Å²) in [5.41, 5.74) is 7.04. The lowest BCUT2D eigenvalue weighted by Gasteiger charge is -1.99. The third kappa shape index (κ3) is 1.20. The van der Waals surface area contributed by atoms with Crippen LogP contribution in [0, 0.1) is 0 Å². The van der Waals surface area contributed by atoms with Crippen LogP contribution < -0.4 is 5.73 Å². The molecule has 1 saturated heterocycles. The lowest BCUT2D eigenvalue weighted by molar-refractivity contribution is 0.384. The van der Waals surface area contributed by atoms with Gasteiger partial charge in [-0.15, -0.1) is 0 Å². The van der Waals surface area contributed by atoms with Gasteiger partial charge < -0.3 is 15.0 Å². The van der Waals surface area contributed by atoms with Crippen molar-refractivity contribution in [3.63, 3.8) is 0 Å². The standard InChI is InChI=1S/C8H9N5O/c9-8-10-1-6-7(12-8)13(4-11-6)2-5-3-14-5/h1,4-5H,2-3H2,(H2,9,10,12)/t5-/m1/s1. The second kappa shape index (κ2) is 2.65. The van der Waals surface area contributed by atoms with Gasteiger partial charge in [-0.2, -0.15) is 4.98 Å². The van der Waals surface area contributed by atoms with Gasteiger partial charge in [-0.05, 0) is 0 Å². The number of anilines is 1. The van der Waals surface area contributed by atoms with E-state index in [-0.39, 0.29) is 5.95 Å². The SMILES string of the molecule is Nc1ncc2ncn(C[C@@H]3CO3)c2n1. The molecule has 0 saturated carbocycles. The molecule has 1 atom stereocenters. The van der Waals surface area contributed by atoms with Crippen LogP contribution in [0.25, 0.3) is 11.2 Å². The number of epoxide rings is 1. The molecule has 3 rings (SSSR count). The van der Waals surface area contributed by atoms with Crippen LogP contribution in [0.4, 0.5) is 5.95 Å². The zero-order valence-corrected chi connectivity index (χ0v) is 7.42. The molecule has 0 aromatic carbocycles. The summed E-state index contributed by atoms with van der Waals surface area (Å²) >= 11 is 0. The summed E-state index contributed by atoms with van der Waals surface area (Å²) in [5.74, 6) is 0.274. The van der Waals surface area contributed by atoms with Crippen molar-refractivity contribution in [2.24, 2.45) is 0 Å². The van der Waals surface area contributed by atoms with Crippen molar-refractivity contribution in [3.05, 3.63) is 12.5 Å². The molecule has 0 spiro atoms. The second-order valence-corrected chi connectivity index (χ2v) is 3.29. The lowest BCUT2D eigenvalue weighted by atomic mass is 10.4. The van der Waals surface area contributed by atoms with Crippen LogP contribution in [0.3, 0.4) is 0 Å². The lowest BCUT2D eigenvalue weighted by Crippen LogP contribution is -2.04. The minimum Gasteiger partial charge on any atom is -0.371 e. The van der Waals surface area contributed by atoms with Gasteiger partial charge in [0.25, 0.3) is 0 Å². The maximum atomic E-state index is 5.50. The van der Waals surface area contributed by atoms with E-state index in [4.69, 9.17) is 10.5 Å². The van der Waals surface area contributed by atoms with Gasteiger partial charge in [-0.25, -0.2) is 9.97 Å². The van der Waals surface area contributed by atoms with Crippen LogP contribution in [0.2, 0.25) is 0 Å². The Bertz CT molecular complexity index is 476. The van der Waals surface area contributed by atoms with Crippen molar-refractivity contribution >= 4 is 17.1 Å². The molecule has 6 heteroatoms. The van der Waals surface area contributed by atoms with Gasteiger partial charge >= 0.3 is 0 Å². The number of nitrogen functional groups attached to an aromatic ring is 1. The monoisotopic (exact) mass is 191 g/mol. The quantitative estimate of drug-likeness (QED) is 0.665. The fourth-order valence-corrected chi connectivity index (χ4v) is 1.40. The van der Waals surface area contributed by atoms with E-state index in [1.165, 1.54) is 0 Å². The average Bonchev–Trinajstić information content (AvgIpc) is 2.90. The third-order valence-electron chi connectivity index (χ3n) is 2.18. The van der Waals surface area contributed by atoms with E-state index in [1.807, 2.05) is 4.57 Å². The van der Waals surface area contributed by atoms with E-state index in [0.717, 1.165) is 24.3 Å². The summed E-state index contributed by atoms with van der Waals surface area (Å²) in [7, 11) is 0. The highest BCUT2D eigenvalue weighted by Crippen LogP contribution is 2.16. The summed E-state index contributed by atoms with van der Waals surface area (Å²) in [5, 5.41) is 0. The van der Waals surface area contributed by atoms with E-state index >= 15 is 0 Å². The predicted octanol–water partition coefficient (Wildman–Crippen LogP) is -0.193. The van der Waals surface area contributed by atoms with Crippen LogP contribution in [-0.2, 0) is 11.3 Å². The van der Waals surface area contributed by atoms with E-state index in [9.17, 15) is 0 Å². The maximum absolute atomic E-state index is 5.50. The number of rotatable bonds is 2. The molecular formula is C8H9N5O. The van der Waals surface area contributed by atoms with Gasteiger partial charge in [0.2, 0.25) is 5.95 Å². The minimum absolute atomic E-state index is 0.274. The van der Waals surface area contributed by atoms with Crippen LogP contribution in [0.1, 0.15) is 0 Å². The van der Waals surface area contributed by atoms with Gasteiger partial charge in [0.15, 0.2) is 5.65 Å². The maximum Gasteiger partial charge on any atom is 0.222 e. The Balaban J connectivity index is 2.08. The number of ether oxygens (including phenoxy) is 1. The van der Waals surface area contributed by atoms with Crippen LogP contribution in [0.5, 0.6) is 0 Å². The molecular weight excluding hydrogens is 182 g/mol. The van der Waals surface area contributed by atoms with Gasteiger partial charge in [0.05, 0.1) is 31.8 Å². The Labute approximate surface area is 79.7 Å². The largest absolute Gasteiger partial charge is 0.371 e. The fraction of sp³-hybridized carbons (Fsp3) is 0.375. The Morgan fingerprint density at radius 2 is 2.43 bits per heavy atom. The van der Waals surface area contributed by atoms with Crippen molar-refractivity contribution in [2.45, 2.75) is 12.6 Å². The summed E-state index contributed by atoms with van der Waals surface area (Å²) < 4.78 is 7.07. The molecule has 1 fully saturated rings. The van der Waals surface area contributed by atoms with Crippen molar-refractivity contribution in [2.75, 3.05) is 12.3 Å². The van der Waals surface area contributed by atoms with Gasteiger partial charge in [-0.3, -0.25) is 0 Å². The molecule has 1 aliphatic heterocycles. The fourth-order valence-electron chi connectivity index (χ4n) is 1.40. The first-order chi connectivity index (χ1) is 6.83. The minimum atomic E-state index is 0.274. The zero-order valence-electron chi connectivity index (χ0n) is 7.42. The number of hydrogen-bond donors (Lipinski definition) is 1. The molecule has 2 N–H and O–H groups in total. The molecule has 1 aliphatic rings. The highest BCUT2D eigenvalue weighted by atomic mass is 16.6. The molecule has 2 aromatic rings. The molecule has 0 unspecified atom stereocenters. The van der Waals surface area contributed by atoms with Crippen molar-refractivity contribution in [1.82, 2.24) is 19.5 Å². The second-order valence-electron chi connectivity index (χ2n) is 3.29. The number of imidazole rings is 1. The first-order valence-electron chi connectivity index (χ1n) is 4.38.